The number of ether oxygens (including phenoxy) is 1. The lowest BCUT2D eigenvalue weighted by Crippen LogP contribution is -2.32. The van der Waals surface area contributed by atoms with Crippen molar-refractivity contribution in [1.82, 2.24) is 20.3 Å². The van der Waals surface area contributed by atoms with Gasteiger partial charge >= 0.3 is 0 Å². The molecule has 1 atom stereocenters. The van der Waals surface area contributed by atoms with E-state index in [-0.39, 0.29) is 6.04 Å². The van der Waals surface area contributed by atoms with Crippen LogP contribution in [0.25, 0.3) is 11.2 Å². The standard InChI is InChI=1S/C12H16N4O/c1-13-10(8-17-2)7-9-3-4-11-12(16-9)15-6-5-14-11/h3-6,10,13H,7-8H2,1-2H3. The highest BCUT2D eigenvalue weighted by Gasteiger charge is 2.08. The normalized spacial score (nSPS) is 12.8. The van der Waals surface area contributed by atoms with Gasteiger partial charge in [0.05, 0.1) is 6.61 Å². The Morgan fingerprint density at radius 1 is 1.29 bits per heavy atom. The van der Waals surface area contributed by atoms with E-state index in [0.717, 1.165) is 17.6 Å². The zero-order valence-corrected chi connectivity index (χ0v) is 10.1. The maximum Gasteiger partial charge on any atom is 0.178 e. The van der Waals surface area contributed by atoms with Gasteiger partial charge in [0, 0.05) is 37.7 Å². The number of nitrogens with one attached hydrogen (secondary N) is 1. The summed E-state index contributed by atoms with van der Waals surface area (Å²) in [6, 6.07) is 4.20. The first-order valence-corrected chi connectivity index (χ1v) is 5.56. The van der Waals surface area contributed by atoms with Gasteiger partial charge in [-0.3, -0.25) is 4.98 Å². The molecule has 0 radical (unpaired) electrons. The molecule has 1 N–H and O–H groups in total. The molecule has 2 heterocycles. The van der Waals surface area contributed by atoms with Crippen molar-refractivity contribution in [2.75, 3.05) is 20.8 Å². The van der Waals surface area contributed by atoms with Crippen molar-refractivity contribution < 1.29 is 4.74 Å². The summed E-state index contributed by atoms with van der Waals surface area (Å²) in [4.78, 5) is 12.9. The highest BCUT2D eigenvalue weighted by Crippen LogP contribution is 2.08. The van der Waals surface area contributed by atoms with Crippen LogP contribution in [-0.2, 0) is 11.2 Å². The van der Waals surface area contributed by atoms with Crippen molar-refractivity contribution in [3.05, 3.63) is 30.2 Å². The van der Waals surface area contributed by atoms with Crippen molar-refractivity contribution in [1.29, 1.82) is 0 Å². The summed E-state index contributed by atoms with van der Waals surface area (Å²) in [5.41, 5.74) is 2.51. The number of nitrogens with zero attached hydrogens (tertiary/aromatic N) is 3. The minimum absolute atomic E-state index is 0.265. The fourth-order valence-corrected chi connectivity index (χ4v) is 1.71. The van der Waals surface area contributed by atoms with Crippen LogP contribution in [0.3, 0.4) is 0 Å². The third-order valence-corrected chi connectivity index (χ3v) is 2.62. The van der Waals surface area contributed by atoms with Gasteiger partial charge in [-0.25, -0.2) is 9.97 Å². The predicted molar refractivity (Wildman–Crippen MR) is 65.8 cm³/mol. The van der Waals surface area contributed by atoms with E-state index in [1.807, 2.05) is 19.2 Å². The van der Waals surface area contributed by atoms with Crippen LogP contribution in [0.2, 0.25) is 0 Å². The summed E-state index contributed by atoms with van der Waals surface area (Å²) >= 11 is 0. The lowest BCUT2D eigenvalue weighted by Gasteiger charge is -2.14. The minimum atomic E-state index is 0.265. The predicted octanol–water partition coefficient (Wildman–Crippen LogP) is 0.802. The Bertz CT molecular complexity index is 489. The Morgan fingerprint density at radius 3 is 2.88 bits per heavy atom. The Morgan fingerprint density at radius 2 is 2.12 bits per heavy atom. The summed E-state index contributed by atoms with van der Waals surface area (Å²) in [5.74, 6) is 0. The monoisotopic (exact) mass is 232 g/mol. The largest absolute Gasteiger partial charge is 0.383 e. The zero-order chi connectivity index (χ0) is 12.1. The molecular weight excluding hydrogens is 216 g/mol. The molecule has 0 saturated carbocycles. The Labute approximate surface area is 100 Å². The molecule has 0 bridgehead atoms. The van der Waals surface area contributed by atoms with Crippen LogP contribution in [0.4, 0.5) is 0 Å². The molecule has 0 aliphatic carbocycles. The third-order valence-electron chi connectivity index (χ3n) is 2.62. The lowest BCUT2D eigenvalue weighted by atomic mass is 10.1. The Hall–Kier alpha value is -1.59. The number of fused-ring (bicyclic) bond motifs is 1. The molecule has 5 nitrogen and oxygen atoms in total. The molecule has 0 aliphatic heterocycles. The fraction of sp³-hybridized carbons (Fsp3) is 0.417. The van der Waals surface area contributed by atoms with Crippen molar-refractivity contribution >= 4 is 11.2 Å². The summed E-state index contributed by atoms with van der Waals surface area (Å²) in [6.45, 7) is 0.663. The lowest BCUT2D eigenvalue weighted by molar-refractivity contribution is 0.169. The van der Waals surface area contributed by atoms with Gasteiger partial charge in [-0.15, -0.1) is 0 Å². The summed E-state index contributed by atoms with van der Waals surface area (Å²) in [6.07, 6.45) is 4.14. The second kappa shape index (κ2) is 5.65. The van der Waals surface area contributed by atoms with Crippen LogP contribution in [0.1, 0.15) is 5.69 Å². The molecule has 0 fully saturated rings. The topological polar surface area (TPSA) is 59.9 Å². The van der Waals surface area contributed by atoms with Crippen LogP contribution in [0, 0.1) is 0 Å². The van der Waals surface area contributed by atoms with E-state index >= 15 is 0 Å². The van der Waals surface area contributed by atoms with Gasteiger partial charge in [0.15, 0.2) is 5.65 Å². The highest BCUT2D eigenvalue weighted by molar-refractivity contribution is 5.68. The van der Waals surface area contributed by atoms with Gasteiger partial charge in [0.25, 0.3) is 0 Å². The molecule has 17 heavy (non-hydrogen) atoms. The van der Waals surface area contributed by atoms with Gasteiger partial charge < -0.3 is 10.1 Å². The number of methoxy groups -OCH3 is 1. The molecule has 0 saturated heterocycles. The van der Waals surface area contributed by atoms with Crippen molar-refractivity contribution in [2.45, 2.75) is 12.5 Å². The van der Waals surface area contributed by atoms with E-state index in [1.165, 1.54) is 0 Å². The number of hydrogen-bond acceptors (Lipinski definition) is 5. The number of hydrogen-bond donors (Lipinski definition) is 1. The first-order chi connectivity index (χ1) is 8.33. The average molecular weight is 232 g/mol. The number of rotatable bonds is 5. The van der Waals surface area contributed by atoms with Crippen LogP contribution in [-0.4, -0.2) is 41.8 Å². The van der Waals surface area contributed by atoms with Crippen LogP contribution in [0.5, 0.6) is 0 Å². The molecule has 2 aromatic rings. The zero-order valence-electron chi connectivity index (χ0n) is 10.1. The molecule has 2 rings (SSSR count). The first-order valence-electron chi connectivity index (χ1n) is 5.56. The van der Waals surface area contributed by atoms with Crippen LogP contribution < -0.4 is 5.32 Å². The van der Waals surface area contributed by atoms with Crippen LogP contribution >= 0.6 is 0 Å². The number of likely N-dealkylation sites (N-methyl/N-ethyl adjacent to an activating group) is 1. The second-order valence-electron chi connectivity index (χ2n) is 3.85. The van der Waals surface area contributed by atoms with Gasteiger partial charge in [0.2, 0.25) is 0 Å². The van der Waals surface area contributed by atoms with Crippen molar-refractivity contribution in [2.24, 2.45) is 0 Å². The fourth-order valence-electron chi connectivity index (χ4n) is 1.71. The third kappa shape index (κ3) is 2.95. The molecule has 0 aromatic carbocycles. The molecule has 1 unspecified atom stereocenters. The van der Waals surface area contributed by atoms with Crippen molar-refractivity contribution in [3.63, 3.8) is 0 Å². The Balaban J connectivity index is 2.18. The van der Waals surface area contributed by atoms with E-state index in [9.17, 15) is 0 Å². The van der Waals surface area contributed by atoms with Gasteiger partial charge in [-0.2, -0.15) is 0 Å². The smallest absolute Gasteiger partial charge is 0.178 e. The minimum Gasteiger partial charge on any atom is -0.383 e. The maximum absolute atomic E-state index is 5.14. The second-order valence-corrected chi connectivity index (χ2v) is 3.85. The summed E-state index contributed by atoms with van der Waals surface area (Å²) < 4.78 is 5.14. The molecule has 5 heteroatoms. The quantitative estimate of drug-likeness (QED) is 0.826. The van der Waals surface area contributed by atoms with E-state index < -0.39 is 0 Å². The molecule has 0 spiro atoms. The summed E-state index contributed by atoms with van der Waals surface area (Å²) in [5, 5.41) is 3.20. The molecule has 2 aromatic heterocycles. The Kier molecular flexibility index (Phi) is 3.95. The van der Waals surface area contributed by atoms with Gasteiger partial charge in [0.1, 0.15) is 5.52 Å². The number of pyridine rings is 1. The van der Waals surface area contributed by atoms with E-state index in [0.29, 0.717) is 12.3 Å². The molecule has 0 amide bonds. The van der Waals surface area contributed by atoms with E-state index in [1.54, 1.807) is 19.5 Å². The first kappa shape index (κ1) is 11.9. The molecule has 90 valence electrons. The van der Waals surface area contributed by atoms with Gasteiger partial charge in [-0.1, -0.05) is 0 Å². The summed E-state index contributed by atoms with van der Waals surface area (Å²) in [7, 11) is 3.62. The maximum atomic E-state index is 5.14. The van der Waals surface area contributed by atoms with Crippen molar-refractivity contribution in [3.8, 4) is 0 Å². The SMILES string of the molecule is CNC(COC)Cc1ccc2nccnc2n1. The average Bonchev–Trinajstić information content (AvgIpc) is 2.38. The van der Waals surface area contributed by atoms with Gasteiger partial charge in [-0.05, 0) is 19.2 Å². The highest BCUT2D eigenvalue weighted by atomic mass is 16.5. The van der Waals surface area contributed by atoms with Crippen LogP contribution in [0.15, 0.2) is 24.5 Å². The molecular formula is C12H16N4O. The van der Waals surface area contributed by atoms with E-state index in [4.69, 9.17) is 4.74 Å². The number of aromatic nitrogens is 3. The molecule has 0 aliphatic rings. The van der Waals surface area contributed by atoms with E-state index in [2.05, 4.69) is 20.3 Å².